The Morgan fingerprint density at radius 1 is 1.13 bits per heavy atom. The molecule has 0 spiro atoms. The predicted molar refractivity (Wildman–Crippen MR) is 114 cm³/mol. The number of nitrogens with one attached hydrogen (secondary N) is 1. The smallest absolute Gasteiger partial charge is 0.342 e. The number of carbonyl (C=O) groups excluding carboxylic acids is 2. The third-order valence-electron chi connectivity index (χ3n) is 4.58. The van der Waals surface area contributed by atoms with Gasteiger partial charge in [0.05, 0.1) is 23.6 Å². The summed E-state index contributed by atoms with van der Waals surface area (Å²) >= 11 is 12.1. The molecule has 0 unspecified atom stereocenters. The lowest BCUT2D eigenvalue weighted by molar-refractivity contribution is -0.129. The van der Waals surface area contributed by atoms with Gasteiger partial charge in [-0.1, -0.05) is 29.3 Å². The SMILES string of the molecule is Cc1c(C(=O)O[C@H](C)C(=O)N[C@@H](C)c2ccc(Cl)cc2Cl)cnn1-c1ccncc1. The van der Waals surface area contributed by atoms with Crippen molar-refractivity contribution in [3.05, 3.63) is 75.8 Å². The fourth-order valence-electron chi connectivity index (χ4n) is 2.89. The number of halogens is 2. The maximum Gasteiger partial charge on any atom is 0.342 e. The summed E-state index contributed by atoms with van der Waals surface area (Å²) in [6.45, 7) is 5.04. The first-order valence-electron chi connectivity index (χ1n) is 9.19. The Hall–Kier alpha value is -2.90. The van der Waals surface area contributed by atoms with Crippen molar-refractivity contribution in [1.82, 2.24) is 20.1 Å². The summed E-state index contributed by atoms with van der Waals surface area (Å²) in [7, 11) is 0. The highest BCUT2D eigenvalue weighted by Crippen LogP contribution is 2.26. The van der Waals surface area contributed by atoms with E-state index in [-0.39, 0.29) is 11.6 Å². The zero-order valence-electron chi connectivity index (χ0n) is 16.6. The van der Waals surface area contributed by atoms with E-state index in [1.165, 1.54) is 13.1 Å². The number of esters is 1. The molecule has 2 heterocycles. The van der Waals surface area contributed by atoms with Crippen LogP contribution in [0.3, 0.4) is 0 Å². The molecule has 1 N–H and O–H groups in total. The topological polar surface area (TPSA) is 86.1 Å². The van der Waals surface area contributed by atoms with E-state index in [1.54, 1.807) is 61.3 Å². The largest absolute Gasteiger partial charge is 0.449 e. The number of benzene rings is 1. The van der Waals surface area contributed by atoms with Crippen LogP contribution in [0, 0.1) is 6.92 Å². The molecule has 0 radical (unpaired) electrons. The van der Waals surface area contributed by atoms with Crippen LogP contribution in [-0.4, -0.2) is 32.7 Å². The molecule has 0 aliphatic rings. The molecule has 0 fully saturated rings. The van der Waals surface area contributed by atoms with Crippen LogP contribution >= 0.6 is 23.2 Å². The second kappa shape index (κ2) is 9.28. The van der Waals surface area contributed by atoms with Crippen molar-refractivity contribution in [1.29, 1.82) is 0 Å². The van der Waals surface area contributed by atoms with E-state index in [0.29, 0.717) is 21.3 Å². The highest BCUT2D eigenvalue weighted by Gasteiger charge is 2.24. The minimum absolute atomic E-state index is 0.278. The minimum atomic E-state index is -1.00. The molecule has 1 amide bonds. The normalized spacial score (nSPS) is 12.8. The molecular formula is C21H20Cl2N4O3. The van der Waals surface area contributed by atoms with Crippen LogP contribution in [0.5, 0.6) is 0 Å². The third kappa shape index (κ3) is 4.80. The summed E-state index contributed by atoms with van der Waals surface area (Å²) in [5, 5.41) is 7.96. The Morgan fingerprint density at radius 3 is 2.50 bits per heavy atom. The molecule has 3 aromatic rings. The van der Waals surface area contributed by atoms with E-state index in [1.807, 2.05) is 0 Å². The van der Waals surface area contributed by atoms with Gasteiger partial charge in [-0.15, -0.1) is 0 Å². The van der Waals surface area contributed by atoms with Crippen molar-refractivity contribution < 1.29 is 14.3 Å². The lowest BCUT2D eigenvalue weighted by Gasteiger charge is -2.19. The monoisotopic (exact) mass is 446 g/mol. The first-order chi connectivity index (χ1) is 14.3. The number of pyridine rings is 1. The zero-order valence-corrected chi connectivity index (χ0v) is 18.1. The van der Waals surface area contributed by atoms with Gasteiger partial charge >= 0.3 is 5.97 Å². The summed E-state index contributed by atoms with van der Waals surface area (Å²) < 4.78 is 6.95. The van der Waals surface area contributed by atoms with E-state index in [2.05, 4.69) is 15.4 Å². The molecule has 2 aromatic heterocycles. The van der Waals surface area contributed by atoms with E-state index < -0.39 is 18.0 Å². The number of hydrogen-bond donors (Lipinski definition) is 1. The van der Waals surface area contributed by atoms with Crippen LogP contribution in [0.2, 0.25) is 10.0 Å². The third-order valence-corrected chi connectivity index (χ3v) is 5.14. The second-order valence-electron chi connectivity index (χ2n) is 6.70. The summed E-state index contributed by atoms with van der Waals surface area (Å²) in [5.74, 6) is -1.08. The molecule has 30 heavy (non-hydrogen) atoms. The molecule has 0 aliphatic carbocycles. The van der Waals surface area contributed by atoms with Gasteiger partial charge in [0.2, 0.25) is 0 Å². The van der Waals surface area contributed by atoms with Gasteiger partial charge in [0.25, 0.3) is 5.91 Å². The summed E-state index contributed by atoms with van der Waals surface area (Å²) in [6.07, 6.45) is 3.68. The molecular weight excluding hydrogens is 427 g/mol. The summed E-state index contributed by atoms with van der Waals surface area (Å²) in [5.41, 5.74) is 2.35. The van der Waals surface area contributed by atoms with E-state index >= 15 is 0 Å². The van der Waals surface area contributed by atoms with Gasteiger partial charge in [-0.25, -0.2) is 9.48 Å². The van der Waals surface area contributed by atoms with Gasteiger partial charge in [-0.3, -0.25) is 9.78 Å². The van der Waals surface area contributed by atoms with Gasteiger partial charge in [0, 0.05) is 22.4 Å². The quantitative estimate of drug-likeness (QED) is 0.570. The van der Waals surface area contributed by atoms with Crippen molar-refractivity contribution in [2.24, 2.45) is 0 Å². The average molecular weight is 447 g/mol. The van der Waals surface area contributed by atoms with Crippen molar-refractivity contribution in [3.63, 3.8) is 0 Å². The van der Waals surface area contributed by atoms with Gasteiger partial charge in [-0.2, -0.15) is 5.10 Å². The number of aromatic nitrogens is 3. The van der Waals surface area contributed by atoms with Gasteiger partial charge in [0.1, 0.15) is 5.56 Å². The number of rotatable bonds is 6. The first kappa shape index (κ1) is 21.8. The lowest BCUT2D eigenvalue weighted by Crippen LogP contribution is -2.37. The maximum absolute atomic E-state index is 12.6. The standard InChI is InChI=1S/C21H20Cl2N4O3/c1-12(17-5-4-15(22)10-19(17)23)26-20(28)14(3)30-21(29)18-11-25-27(13(18)2)16-6-8-24-9-7-16/h4-12,14H,1-3H3,(H,26,28)/t12-,14+/m0/s1. The number of carbonyl (C=O) groups is 2. The Labute approximate surface area is 184 Å². The van der Waals surface area contributed by atoms with Crippen LogP contribution in [0.15, 0.2) is 48.9 Å². The second-order valence-corrected chi connectivity index (χ2v) is 7.55. The molecule has 1 aromatic carbocycles. The molecule has 0 aliphatic heterocycles. The first-order valence-corrected chi connectivity index (χ1v) is 9.95. The molecule has 156 valence electrons. The average Bonchev–Trinajstić information content (AvgIpc) is 3.09. The van der Waals surface area contributed by atoms with Crippen molar-refractivity contribution >= 4 is 35.1 Å². The summed E-state index contributed by atoms with van der Waals surface area (Å²) in [4.78, 5) is 29.0. The highest BCUT2D eigenvalue weighted by atomic mass is 35.5. The number of amides is 1. The zero-order chi connectivity index (χ0) is 21.8. The minimum Gasteiger partial charge on any atom is -0.449 e. The Balaban J connectivity index is 1.65. The molecule has 9 heteroatoms. The lowest BCUT2D eigenvalue weighted by atomic mass is 10.1. The van der Waals surface area contributed by atoms with Crippen LogP contribution in [0.4, 0.5) is 0 Å². The molecule has 0 saturated carbocycles. The van der Waals surface area contributed by atoms with Crippen molar-refractivity contribution in [2.45, 2.75) is 32.9 Å². The van der Waals surface area contributed by atoms with Crippen LogP contribution < -0.4 is 5.32 Å². The highest BCUT2D eigenvalue weighted by molar-refractivity contribution is 6.35. The Morgan fingerprint density at radius 2 is 1.83 bits per heavy atom. The van der Waals surface area contributed by atoms with E-state index in [0.717, 1.165) is 5.69 Å². The molecule has 0 bridgehead atoms. The van der Waals surface area contributed by atoms with Crippen LogP contribution in [0.1, 0.15) is 41.5 Å². The van der Waals surface area contributed by atoms with Gasteiger partial charge < -0.3 is 10.1 Å². The van der Waals surface area contributed by atoms with Crippen molar-refractivity contribution in [2.75, 3.05) is 0 Å². The molecule has 2 atom stereocenters. The number of hydrogen-bond acceptors (Lipinski definition) is 5. The fourth-order valence-corrected chi connectivity index (χ4v) is 3.47. The van der Waals surface area contributed by atoms with Crippen LogP contribution in [0.25, 0.3) is 5.69 Å². The van der Waals surface area contributed by atoms with Crippen LogP contribution in [-0.2, 0) is 9.53 Å². The molecule has 0 saturated heterocycles. The van der Waals surface area contributed by atoms with Gasteiger partial charge in [0.15, 0.2) is 6.10 Å². The molecule has 7 nitrogen and oxygen atoms in total. The van der Waals surface area contributed by atoms with Gasteiger partial charge in [-0.05, 0) is 50.6 Å². The summed E-state index contributed by atoms with van der Waals surface area (Å²) in [6, 6.07) is 8.19. The number of ether oxygens (including phenoxy) is 1. The van der Waals surface area contributed by atoms with E-state index in [4.69, 9.17) is 27.9 Å². The fraction of sp³-hybridized carbons (Fsp3) is 0.238. The van der Waals surface area contributed by atoms with Crippen molar-refractivity contribution in [3.8, 4) is 5.69 Å². The molecule has 3 rings (SSSR count). The van der Waals surface area contributed by atoms with E-state index in [9.17, 15) is 9.59 Å². The number of nitrogens with zero attached hydrogens (tertiary/aromatic N) is 3. The Kier molecular flexibility index (Phi) is 6.74. The predicted octanol–water partition coefficient (Wildman–Crippen LogP) is 4.31. The maximum atomic E-state index is 12.6. The Bertz CT molecular complexity index is 1070.